The maximum Gasteiger partial charge on any atom is 0.420 e. The van der Waals surface area contributed by atoms with Crippen LogP contribution >= 0.6 is 0 Å². The van der Waals surface area contributed by atoms with Gasteiger partial charge in [0.25, 0.3) is 0 Å². The van der Waals surface area contributed by atoms with Gasteiger partial charge in [0.1, 0.15) is 5.56 Å². The second-order valence-corrected chi connectivity index (χ2v) is 5.66. The lowest BCUT2D eigenvalue weighted by molar-refractivity contribution is -0.138. The van der Waals surface area contributed by atoms with Crippen LogP contribution < -0.4 is 0 Å². The Kier molecular flexibility index (Phi) is 5.47. The number of nitrogens with zero attached hydrogens (tertiary/aromatic N) is 2. The number of aromatic nitrogens is 2. The van der Waals surface area contributed by atoms with Crippen LogP contribution in [0, 0.1) is 5.92 Å². The molecule has 0 aliphatic heterocycles. The highest BCUT2D eigenvalue weighted by Crippen LogP contribution is 2.33. The summed E-state index contributed by atoms with van der Waals surface area (Å²) in [5.41, 5.74) is -1.49. The molecule has 0 atom stereocenters. The zero-order valence-corrected chi connectivity index (χ0v) is 12.7. The highest BCUT2D eigenvalue weighted by atomic mass is 19.4. The number of rotatable bonds is 4. The fourth-order valence-corrected chi connectivity index (χ4v) is 2.94. The van der Waals surface area contributed by atoms with Gasteiger partial charge in [0, 0.05) is 6.54 Å². The van der Waals surface area contributed by atoms with E-state index in [4.69, 9.17) is 4.74 Å². The molecule has 22 heavy (non-hydrogen) atoms. The Bertz CT molecular complexity index is 503. The number of carbonyl (C=O) groups excluding carboxylic acids is 1. The first-order chi connectivity index (χ1) is 10.4. The van der Waals surface area contributed by atoms with E-state index in [1.54, 1.807) is 6.92 Å². The molecule has 4 nitrogen and oxygen atoms in total. The Morgan fingerprint density at radius 2 is 1.95 bits per heavy atom. The lowest BCUT2D eigenvalue weighted by Crippen LogP contribution is -2.21. The summed E-state index contributed by atoms with van der Waals surface area (Å²) in [6.07, 6.45) is 2.52. The van der Waals surface area contributed by atoms with Gasteiger partial charge in [-0.25, -0.2) is 4.79 Å². The van der Waals surface area contributed by atoms with Crippen molar-refractivity contribution in [3.8, 4) is 0 Å². The number of halogens is 3. The Hall–Kier alpha value is -1.53. The van der Waals surface area contributed by atoms with Crippen molar-refractivity contribution in [2.45, 2.75) is 58.2 Å². The molecule has 2 rings (SSSR count). The summed E-state index contributed by atoms with van der Waals surface area (Å²) >= 11 is 0. The van der Waals surface area contributed by atoms with E-state index < -0.39 is 23.4 Å². The SMILES string of the molecule is CCOC(=O)c1c(C(F)(F)F)cnn1CC1CCCCCC1. The lowest BCUT2D eigenvalue weighted by Gasteiger charge is -2.16. The summed E-state index contributed by atoms with van der Waals surface area (Å²) in [7, 11) is 0. The van der Waals surface area contributed by atoms with Gasteiger partial charge in [0.2, 0.25) is 0 Å². The molecule has 1 heterocycles. The van der Waals surface area contributed by atoms with Crippen LogP contribution in [0.2, 0.25) is 0 Å². The van der Waals surface area contributed by atoms with Gasteiger partial charge in [-0.2, -0.15) is 18.3 Å². The zero-order chi connectivity index (χ0) is 16.2. The molecule has 1 aliphatic rings. The predicted molar refractivity (Wildman–Crippen MR) is 74.4 cm³/mol. The Morgan fingerprint density at radius 1 is 1.32 bits per heavy atom. The topological polar surface area (TPSA) is 44.1 Å². The van der Waals surface area contributed by atoms with Gasteiger partial charge in [-0.1, -0.05) is 25.7 Å². The molecule has 7 heteroatoms. The standard InChI is InChI=1S/C15H21F3N2O2/c1-2-22-14(21)13-12(15(16,17)18)9-19-20(13)10-11-7-5-3-4-6-8-11/h9,11H,2-8,10H2,1H3. The third-order valence-electron chi connectivity index (χ3n) is 4.02. The number of hydrogen-bond acceptors (Lipinski definition) is 3. The minimum atomic E-state index is -4.61. The molecule has 1 aromatic rings. The van der Waals surface area contributed by atoms with Crippen molar-refractivity contribution in [3.63, 3.8) is 0 Å². The molecule has 1 saturated carbocycles. The van der Waals surface area contributed by atoms with Gasteiger partial charge in [-0.05, 0) is 25.7 Å². The first kappa shape index (κ1) is 16.8. The van der Waals surface area contributed by atoms with Gasteiger partial charge < -0.3 is 4.74 Å². The quantitative estimate of drug-likeness (QED) is 0.621. The summed E-state index contributed by atoms with van der Waals surface area (Å²) in [6.45, 7) is 1.94. The van der Waals surface area contributed by atoms with E-state index in [0.717, 1.165) is 44.7 Å². The van der Waals surface area contributed by atoms with E-state index in [0.29, 0.717) is 6.54 Å². The van der Waals surface area contributed by atoms with Crippen LogP contribution in [0.4, 0.5) is 13.2 Å². The van der Waals surface area contributed by atoms with Crippen molar-refractivity contribution in [1.29, 1.82) is 0 Å². The number of carbonyl (C=O) groups is 1. The Balaban J connectivity index is 2.26. The van der Waals surface area contributed by atoms with E-state index in [1.807, 2.05) is 0 Å². The molecule has 0 bridgehead atoms. The molecule has 0 aromatic carbocycles. The Morgan fingerprint density at radius 3 is 2.50 bits per heavy atom. The summed E-state index contributed by atoms with van der Waals surface area (Å²) in [6, 6.07) is 0. The minimum absolute atomic E-state index is 0.0325. The van der Waals surface area contributed by atoms with Gasteiger partial charge in [-0.3, -0.25) is 4.68 Å². The molecule has 124 valence electrons. The highest BCUT2D eigenvalue weighted by molar-refractivity contribution is 5.89. The molecule has 0 radical (unpaired) electrons. The van der Waals surface area contributed by atoms with Gasteiger partial charge in [0.15, 0.2) is 5.69 Å². The average Bonchev–Trinajstić information content (AvgIpc) is 2.69. The van der Waals surface area contributed by atoms with Crippen molar-refractivity contribution in [1.82, 2.24) is 9.78 Å². The molecular formula is C15H21F3N2O2. The van der Waals surface area contributed by atoms with E-state index in [9.17, 15) is 18.0 Å². The molecule has 0 spiro atoms. The molecule has 1 aliphatic carbocycles. The number of hydrogen-bond donors (Lipinski definition) is 0. The van der Waals surface area contributed by atoms with Gasteiger partial charge >= 0.3 is 12.1 Å². The third kappa shape index (κ3) is 4.01. The monoisotopic (exact) mass is 318 g/mol. The molecular weight excluding hydrogens is 297 g/mol. The molecule has 0 N–H and O–H groups in total. The van der Waals surface area contributed by atoms with E-state index >= 15 is 0 Å². The summed E-state index contributed by atoms with van der Waals surface area (Å²) in [5.74, 6) is -0.697. The van der Waals surface area contributed by atoms with E-state index in [2.05, 4.69) is 5.10 Å². The van der Waals surface area contributed by atoms with E-state index in [1.165, 1.54) is 4.68 Å². The molecule has 1 fully saturated rings. The third-order valence-corrected chi connectivity index (χ3v) is 4.02. The fourth-order valence-electron chi connectivity index (χ4n) is 2.94. The zero-order valence-electron chi connectivity index (χ0n) is 12.7. The lowest BCUT2D eigenvalue weighted by atomic mass is 10.0. The fraction of sp³-hybridized carbons (Fsp3) is 0.733. The van der Waals surface area contributed by atoms with Crippen molar-refractivity contribution in [3.05, 3.63) is 17.5 Å². The van der Waals surface area contributed by atoms with Crippen LogP contribution in [0.5, 0.6) is 0 Å². The van der Waals surface area contributed by atoms with Crippen molar-refractivity contribution in [2.24, 2.45) is 5.92 Å². The number of alkyl halides is 3. The van der Waals surface area contributed by atoms with Crippen LogP contribution in [-0.4, -0.2) is 22.4 Å². The average molecular weight is 318 g/mol. The van der Waals surface area contributed by atoms with Crippen LogP contribution in [0.1, 0.15) is 61.5 Å². The number of ether oxygens (including phenoxy) is 1. The van der Waals surface area contributed by atoms with Crippen molar-refractivity contribution in [2.75, 3.05) is 6.61 Å². The maximum atomic E-state index is 13.0. The van der Waals surface area contributed by atoms with Gasteiger partial charge in [-0.15, -0.1) is 0 Å². The predicted octanol–water partition coefficient (Wildman–Crippen LogP) is 4.05. The van der Waals surface area contributed by atoms with Crippen LogP contribution in [-0.2, 0) is 17.5 Å². The van der Waals surface area contributed by atoms with E-state index in [-0.39, 0.29) is 12.5 Å². The first-order valence-electron chi connectivity index (χ1n) is 7.73. The van der Waals surface area contributed by atoms with Crippen molar-refractivity contribution >= 4 is 5.97 Å². The highest BCUT2D eigenvalue weighted by Gasteiger charge is 2.39. The summed E-state index contributed by atoms with van der Waals surface area (Å²) in [4.78, 5) is 11.9. The molecule has 1 aromatic heterocycles. The summed E-state index contributed by atoms with van der Waals surface area (Å²) in [5, 5.41) is 3.81. The normalized spacial score (nSPS) is 17.3. The van der Waals surface area contributed by atoms with Crippen molar-refractivity contribution < 1.29 is 22.7 Å². The van der Waals surface area contributed by atoms with Crippen LogP contribution in [0.25, 0.3) is 0 Å². The largest absolute Gasteiger partial charge is 0.461 e. The molecule has 0 unspecified atom stereocenters. The second-order valence-electron chi connectivity index (χ2n) is 5.66. The van der Waals surface area contributed by atoms with Crippen LogP contribution in [0.3, 0.4) is 0 Å². The molecule has 0 saturated heterocycles. The minimum Gasteiger partial charge on any atom is -0.461 e. The smallest absolute Gasteiger partial charge is 0.420 e. The summed E-state index contributed by atoms with van der Waals surface area (Å²) < 4.78 is 45.1. The maximum absolute atomic E-state index is 13.0. The second kappa shape index (κ2) is 7.15. The molecule has 0 amide bonds. The van der Waals surface area contributed by atoms with Crippen LogP contribution in [0.15, 0.2) is 6.20 Å². The van der Waals surface area contributed by atoms with Gasteiger partial charge in [0.05, 0.1) is 12.8 Å². The first-order valence-corrected chi connectivity index (χ1v) is 7.73. The number of esters is 1. The Labute approximate surface area is 127 Å².